The first-order valence-corrected chi connectivity index (χ1v) is 10.6. The Balaban J connectivity index is 1.80. The molecular weight excluding hydrogens is 370 g/mol. The number of nitrogens with zero attached hydrogens (tertiary/aromatic N) is 4. The number of piperidine rings is 1. The maximum Gasteiger partial charge on any atom is 0.410 e. The number of nitrogens with one attached hydrogen (secondary N) is 1. The van der Waals surface area contributed by atoms with Crippen LogP contribution in [-0.4, -0.2) is 69.3 Å². The highest BCUT2D eigenvalue weighted by molar-refractivity contribution is 5.74. The summed E-state index contributed by atoms with van der Waals surface area (Å²) in [7, 11) is 0. The maximum absolute atomic E-state index is 12.6. The van der Waals surface area contributed by atoms with E-state index in [0.717, 1.165) is 32.4 Å². The van der Waals surface area contributed by atoms with E-state index in [9.17, 15) is 9.59 Å². The molecule has 0 unspecified atom stereocenters. The minimum Gasteiger partial charge on any atom is -0.444 e. The van der Waals surface area contributed by atoms with Gasteiger partial charge in [0.15, 0.2) is 0 Å². The van der Waals surface area contributed by atoms with Crippen molar-refractivity contribution in [2.75, 3.05) is 26.2 Å². The second-order valence-electron chi connectivity index (χ2n) is 9.07. The Hall–Kier alpha value is -2.25. The van der Waals surface area contributed by atoms with Crippen LogP contribution in [0.15, 0.2) is 18.7 Å². The lowest BCUT2D eigenvalue weighted by atomic mass is 9.97. The Labute approximate surface area is 174 Å². The number of ether oxygens (including phenoxy) is 1. The van der Waals surface area contributed by atoms with Crippen molar-refractivity contribution in [3.63, 3.8) is 0 Å². The van der Waals surface area contributed by atoms with Gasteiger partial charge in [-0.2, -0.15) is 0 Å². The fraction of sp³-hybridized carbons (Fsp3) is 0.762. The fourth-order valence-corrected chi connectivity index (χ4v) is 3.48. The van der Waals surface area contributed by atoms with Crippen LogP contribution in [0.2, 0.25) is 0 Å². The van der Waals surface area contributed by atoms with Crippen molar-refractivity contribution in [2.24, 2.45) is 5.92 Å². The topological polar surface area (TPSA) is 79.7 Å². The zero-order valence-electron chi connectivity index (χ0n) is 18.6. The molecule has 2 rings (SSSR count). The molecule has 1 aromatic heterocycles. The van der Waals surface area contributed by atoms with Crippen molar-refractivity contribution in [1.82, 2.24) is 24.7 Å². The van der Waals surface area contributed by atoms with Crippen LogP contribution in [-0.2, 0) is 11.3 Å². The zero-order valence-corrected chi connectivity index (χ0v) is 18.6. The van der Waals surface area contributed by atoms with E-state index >= 15 is 0 Å². The molecule has 0 radical (unpaired) electrons. The summed E-state index contributed by atoms with van der Waals surface area (Å²) in [5, 5.41) is 3.01. The van der Waals surface area contributed by atoms with Gasteiger partial charge in [0.2, 0.25) is 0 Å². The minimum atomic E-state index is -0.514. The van der Waals surface area contributed by atoms with Gasteiger partial charge in [-0.3, -0.25) is 0 Å². The van der Waals surface area contributed by atoms with Gasteiger partial charge in [-0.25, -0.2) is 14.6 Å². The molecule has 1 aliphatic rings. The van der Waals surface area contributed by atoms with Crippen molar-refractivity contribution < 1.29 is 14.3 Å². The monoisotopic (exact) mass is 407 g/mol. The number of likely N-dealkylation sites (tertiary alicyclic amines) is 1. The van der Waals surface area contributed by atoms with Gasteiger partial charge in [-0.05, 0) is 59.8 Å². The van der Waals surface area contributed by atoms with Crippen molar-refractivity contribution in [1.29, 1.82) is 0 Å². The molecule has 164 valence electrons. The van der Waals surface area contributed by atoms with Crippen LogP contribution in [0.4, 0.5) is 9.59 Å². The predicted octanol–water partition coefficient (Wildman–Crippen LogP) is 3.34. The Bertz CT molecular complexity index is 639. The highest BCUT2D eigenvalue weighted by atomic mass is 16.6. The molecule has 0 saturated carbocycles. The van der Waals surface area contributed by atoms with Crippen molar-refractivity contribution >= 4 is 12.1 Å². The Morgan fingerprint density at radius 2 is 2.10 bits per heavy atom. The van der Waals surface area contributed by atoms with Gasteiger partial charge in [0.25, 0.3) is 0 Å². The van der Waals surface area contributed by atoms with Crippen molar-refractivity contribution in [3.8, 4) is 0 Å². The molecule has 0 aromatic carbocycles. The molecule has 0 bridgehead atoms. The second-order valence-corrected chi connectivity index (χ2v) is 9.07. The lowest BCUT2D eigenvalue weighted by Crippen LogP contribution is -2.50. The molecule has 0 aliphatic carbocycles. The smallest absolute Gasteiger partial charge is 0.410 e. The standard InChI is InChI=1S/C21H37N5O3/c1-17(2)26(20(28)29-21(3,4)5)15-18-8-6-12-25(14-18)19(27)23-9-7-11-24-13-10-22-16-24/h10,13,16-18H,6-9,11-12,14-15H2,1-5H3,(H,23,27)/t18-/m0/s1. The third-order valence-electron chi connectivity index (χ3n) is 4.94. The number of aryl methyl sites for hydroxylation is 1. The van der Waals surface area contributed by atoms with E-state index in [1.807, 2.05) is 50.3 Å². The minimum absolute atomic E-state index is 0.0197. The van der Waals surface area contributed by atoms with Crippen molar-refractivity contribution in [3.05, 3.63) is 18.7 Å². The van der Waals surface area contributed by atoms with Gasteiger partial charge in [-0.1, -0.05) is 0 Å². The van der Waals surface area contributed by atoms with Crippen LogP contribution >= 0.6 is 0 Å². The summed E-state index contributed by atoms with van der Waals surface area (Å²) in [4.78, 5) is 32.8. The van der Waals surface area contributed by atoms with Gasteiger partial charge in [0, 0.05) is 51.2 Å². The number of hydrogen-bond donors (Lipinski definition) is 1. The summed E-state index contributed by atoms with van der Waals surface area (Å²) in [6.07, 6.45) is 7.99. The number of carbonyl (C=O) groups excluding carboxylic acids is 2. The van der Waals surface area contributed by atoms with Crippen LogP contribution in [0.5, 0.6) is 0 Å². The summed E-state index contributed by atoms with van der Waals surface area (Å²) in [5.74, 6) is 0.260. The zero-order chi connectivity index (χ0) is 21.4. The number of hydrogen-bond acceptors (Lipinski definition) is 4. The Morgan fingerprint density at radius 1 is 1.34 bits per heavy atom. The first-order chi connectivity index (χ1) is 13.7. The van der Waals surface area contributed by atoms with Gasteiger partial charge >= 0.3 is 12.1 Å². The number of aromatic nitrogens is 2. The summed E-state index contributed by atoms with van der Waals surface area (Å²) < 4.78 is 7.56. The number of amides is 3. The summed E-state index contributed by atoms with van der Waals surface area (Å²) in [5.41, 5.74) is -0.514. The maximum atomic E-state index is 12.6. The van der Waals surface area contributed by atoms with Crippen LogP contribution in [0.1, 0.15) is 53.9 Å². The lowest BCUT2D eigenvalue weighted by molar-refractivity contribution is 0.0131. The van der Waals surface area contributed by atoms with Crippen molar-refractivity contribution in [2.45, 2.75) is 72.1 Å². The molecule has 1 N–H and O–H groups in total. The average Bonchev–Trinajstić information content (AvgIpc) is 3.15. The second kappa shape index (κ2) is 10.5. The molecule has 1 fully saturated rings. The molecule has 8 heteroatoms. The SMILES string of the molecule is CC(C)N(C[C@H]1CCCN(C(=O)NCCCn2ccnc2)C1)C(=O)OC(C)(C)C. The van der Waals surface area contributed by atoms with E-state index in [2.05, 4.69) is 10.3 Å². The van der Waals surface area contributed by atoms with Crippen LogP contribution in [0, 0.1) is 5.92 Å². The number of imidazole rings is 1. The summed E-state index contributed by atoms with van der Waals surface area (Å²) >= 11 is 0. The van der Waals surface area contributed by atoms with Gasteiger partial charge in [-0.15, -0.1) is 0 Å². The molecule has 1 aliphatic heterocycles. The number of urea groups is 1. The van der Waals surface area contributed by atoms with E-state index in [1.54, 1.807) is 17.4 Å². The van der Waals surface area contributed by atoms with Crippen LogP contribution in [0.25, 0.3) is 0 Å². The highest BCUT2D eigenvalue weighted by Gasteiger charge is 2.30. The molecule has 2 heterocycles. The molecule has 0 spiro atoms. The molecule has 1 atom stereocenters. The molecule has 3 amide bonds. The normalized spacial score (nSPS) is 17.3. The summed E-state index contributed by atoms with van der Waals surface area (Å²) in [6, 6.07) is 0.0333. The third kappa shape index (κ3) is 7.95. The molecular formula is C21H37N5O3. The average molecular weight is 408 g/mol. The highest BCUT2D eigenvalue weighted by Crippen LogP contribution is 2.20. The first-order valence-electron chi connectivity index (χ1n) is 10.6. The Kier molecular flexibility index (Phi) is 8.34. The summed E-state index contributed by atoms with van der Waals surface area (Å²) in [6.45, 7) is 13.1. The third-order valence-corrected chi connectivity index (χ3v) is 4.94. The quantitative estimate of drug-likeness (QED) is 0.703. The molecule has 29 heavy (non-hydrogen) atoms. The van der Waals surface area contributed by atoms with E-state index in [-0.39, 0.29) is 24.1 Å². The van der Waals surface area contributed by atoms with E-state index in [1.165, 1.54) is 0 Å². The van der Waals surface area contributed by atoms with E-state index < -0.39 is 5.60 Å². The van der Waals surface area contributed by atoms with E-state index in [0.29, 0.717) is 19.6 Å². The predicted molar refractivity (Wildman–Crippen MR) is 113 cm³/mol. The largest absolute Gasteiger partial charge is 0.444 e. The number of carbonyl (C=O) groups is 2. The molecule has 1 aromatic rings. The molecule has 8 nitrogen and oxygen atoms in total. The lowest BCUT2D eigenvalue weighted by Gasteiger charge is -2.37. The van der Waals surface area contributed by atoms with E-state index in [4.69, 9.17) is 4.74 Å². The Morgan fingerprint density at radius 3 is 2.72 bits per heavy atom. The van der Waals surface area contributed by atoms with Crippen LogP contribution in [0.3, 0.4) is 0 Å². The fourth-order valence-electron chi connectivity index (χ4n) is 3.48. The molecule has 1 saturated heterocycles. The first kappa shape index (κ1) is 23.0. The van der Waals surface area contributed by atoms with Gasteiger partial charge in [0.1, 0.15) is 5.60 Å². The number of rotatable bonds is 7. The van der Waals surface area contributed by atoms with Gasteiger partial charge in [0.05, 0.1) is 6.33 Å². The van der Waals surface area contributed by atoms with Crippen LogP contribution < -0.4 is 5.32 Å². The van der Waals surface area contributed by atoms with Gasteiger partial charge < -0.3 is 24.4 Å².